The maximum absolute atomic E-state index is 6.03. The van der Waals surface area contributed by atoms with Crippen molar-refractivity contribution in [2.75, 3.05) is 6.61 Å². The Morgan fingerprint density at radius 2 is 1.38 bits per heavy atom. The summed E-state index contributed by atoms with van der Waals surface area (Å²) in [5, 5.41) is 0. The summed E-state index contributed by atoms with van der Waals surface area (Å²) >= 11 is 0. The van der Waals surface area contributed by atoms with Crippen LogP contribution in [0.1, 0.15) is 42.5 Å². The second-order valence-corrected chi connectivity index (χ2v) is 7.24. The number of nitrogens with zero attached hydrogens (tertiary/aromatic N) is 2. The Bertz CT molecular complexity index is 1280. The van der Waals surface area contributed by atoms with Crippen molar-refractivity contribution in [3.05, 3.63) is 65.2 Å². The lowest BCUT2D eigenvalue weighted by Gasteiger charge is -2.02. The van der Waals surface area contributed by atoms with Gasteiger partial charge >= 0.3 is 0 Å². The fourth-order valence-corrected chi connectivity index (χ4v) is 3.44. The van der Waals surface area contributed by atoms with E-state index in [9.17, 15) is 0 Å². The van der Waals surface area contributed by atoms with Crippen molar-refractivity contribution < 1.29 is 4.74 Å². The largest absolute Gasteiger partial charge is 0.491 e. The van der Waals surface area contributed by atoms with Gasteiger partial charge in [0.1, 0.15) is 5.75 Å². The predicted molar refractivity (Wildman–Crippen MR) is 119 cm³/mol. The first kappa shape index (κ1) is 17.5. The molecule has 0 aromatic carbocycles. The van der Waals surface area contributed by atoms with Crippen LogP contribution in [0.4, 0.5) is 0 Å². The van der Waals surface area contributed by atoms with Gasteiger partial charge in [-0.3, -0.25) is 0 Å². The molecule has 3 aromatic rings. The fourth-order valence-electron chi connectivity index (χ4n) is 3.44. The third-order valence-electron chi connectivity index (χ3n) is 4.89. The van der Waals surface area contributed by atoms with Crippen molar-refractivity contribution in [1.82, 2.24) is 19.9 Å². The van der Waals surface area contributed by atoms with Crippen molar-refractivity contribution in [1.29, 1.82) is 0 Å². The molecule has 0 atom stereocenters. The van der Waals surface area contributed by atoms with E-state index in [4.69, 9.17) is 9.72 Å². The van der Waals surface area contributed by atoms with Crippen LogP contribution in [0.3, 0.4) is 0 Å². The van der Waals surface area contributed by atoms with Gasteiger partial charge in [-0.2, -0.15) is 0 Å². The van der Waals surface area contributed by atoms with E-state index in [2.05, 4.69) is 40.1 Å². The van der Waals surface area contributed by atoms with Crippen molar-refractivity contribution >= 4 is 46.4 Å². The van der Waals surface area contributed by atoms with Crippen molar-refractivity contribution in [3.8, 4) is 5.75 Å². The zero-order valence-electron chi connectivity index (χ0n) is 16.3. The number of ether oxygens (including phenoxy) is 1. The van der Waals surface area contributed by atoms with E-state index < -0.39 is 0 Å². The van der Waals surface area contributed by atoms with Gasteiger partial charge in [0.05, 0.1) is 34.9 Å². The van der Waals surface area contributed by atoms with E-state index in [1.165, 1.54) is 0 Å². The summed E-state index contributed by atoms with van der Waals surface area (Å²) in [6.45, 7) is 2.87. The summed E-state index contributed by atoms with van der Waals surface area (Å²) in [6, 6.07) is 14.3. The zero-order valence-corrected chi connectivity index (χ0v) is 16.3. The average Bonchev–Trinajstić information content (AvgIpc) is 3.47. The second kappa shape index (κ2) is 7.43. The second-order valence-electron chi connectivity index (χ2n) is 7.24. The number of H-pyrrole nitrogens is 2. The maximum atomic E-state index is 6.03. The van der Waals surface area contributed by atoms with E-state index in [1.807, 2.05) is 48.6 Å². The molecule has 0 aliphatic carbocycles. The smallest absolute Gasteiger partial charge is 0.144 e. The highest BCUT2D eigenvalue weighted by Gasteiger charge is 2.06. The number of aromatic nitrogens is 4. The van der Waals surface area contributed by atoms with Crippen LogP contribution >= 0.6 is 0 Å². The first-order valence-electron chi connectivity index (χ1n) is 9.96. The number of fused-ring (bicyclic) bond motifs is 8. The minimum atomic E-state index is 0.703. The lowest BCUT2D eigenvalue weighted by atomic mass is 10.3. The van der Waals surface area contributed by atoms with E-state index in [0.717, 1.165) is 63.4 Å². The first-order chi connectivity index (χ1) is 14.2. The molecular formula is C24H22N4O. The van der Waals surface area contributed by atoms with E-state index in [1.54, 1.807) is 0 Å². The molecule has 2 N–H and O–H groups in total. The van der Waals surface area contributed by atoms with Gasteiger partial charge in [-0.1, -0.05) is 13.3 Å². The van der Waals surface area contributed by atoms with Crippen molar-refractivity contribution in [2.24, 2.45) is 0 Å². The lowest BCUT2D eigenvalue weighted by molar-refractivity contribution is 0.313. The van der Waals surface area contributed by atoms with Gasteiger partial charge in [-0.05, 0) is 67.1 Å². The molecule has 0 spiro atoms. The Kier molecular flexibility index (Phi) is 4.48. The molecule has 0 fully saturated rings. The van der Waals surface area contributed by atoms with Crippen LogP contribution in [0, 0.1) is 0 Å². The Morgan fingerprint density at radius 1 is 0.724 bits per heavy atom. The molecule has 2 aliphatic heterocycles. The van der Waals surface area contributed by atoms with Gasteiger partial charge in [0.25, 0.3) is 0 Å². The Hall–Kier alpha value is -3.60. The molecule has 5 nitrogen and oxygen atoms in total. The standard InChI is InChI=1S/C24H22N4O/c1-2-3-10-29-24-15-22-13-20-7-6-18(26-20)11-16-4-5-17(25-16)12-19-8-9-21(27-19)14-23(24)28-22/h4-9,11-15,26,28H,2-3,10H2,1H3. The number of hydrogen-bond donors (Lipinski definition) is 2. The van der Waals surface area contributed by atoms with E-state index in [0.29, 0.717) is 6.61 Å². The highest BCUT2D eigenvalue weighted by Crippen LogP contribution is 2.24. The molecule has 8 bridgehead atoms. The molecule has 0 saturated carbocycles. The van der Waals surface area contributed by atoms with Crippen LogP contribution in [0.5, 0.6) is 5.75 Å². The third-order valence-corrected chi connectivity index (χ3v) is 4.89. The topological polar surface area (TPSA) is 66.6 Å². The number of hydrogen-bond acceptors (Lipinski definition) is 3. The quantitative estimate of drug-likeness (QED) is 0.384. The summed E-state index contributed by atoms with van der Waals surface area (Å²) in [5.41, 5.74) is 7.54. The molecule has 2 aliphatic rings. The summed E-state index contributed by atoms with van der Waals surface area (Å²) in [7, 11) is 0. The molecule has 5 heterocycles. The minimum absolute atomic E-state index is 0.703. The van der Waals surface area contributed by atoms with Crippen molar-refractivity contribution in [2.45, 2.75) is 19.8 Å². The van der Waals surface area contributed by atoms with Gasteiger partial charge < -0.3 is 14.7 Å². The molecule has 29 heavy (non-hydrogen) atoms. The van der Waals surface area contributed by atoms with Gasteiger partial charge in [0.2, 0.25) is 0 Å². The van der Waals surface area contributed by atoms with Crippen LogP contribution in [0.25, 0.3) is 46.4 Å². The highest BCUT2D eigenvalue weighted by molar-refractivity contribution is 5.79. The van der Waals surface area contributed by atoms with E-state index >= 15 is 0 Å². The van der Waals surface area contributed by atoms with Gasteiger partial charge in [0, 0.05) is 22.6 Å². The fraction of sp³-hybridized carbons (Fsp3) is 0.167. The molecule has 5 heteroatoms. The zero-order chi connectivity index (χ0) is 19.6. The summed E-state index contributed by atoms with van der Waals surface area (Å²) in [5.74, 6) is 0.850. The number of unbranched alkanes of at least 4 members (excludes halogenated alkanes) is 1. The van der Waals surface area contributed by atoms with Crippen LogP contribution in [0.15, 0.2) is 42.5 Å². The van der Waals surface area contributed by atoms with Crippen LogP contribution < -0.4 is 4.74 Å². The van der Waals surface area contributed by atoms with Crippen molar-refractivity contribution in [3.63, 3.8) is 0 Å². The first-order valence-corrected chi connectivity index (χ1v) is 9.96. The number of rotatable bonds is 4. The summed E-state index contributed by atoms with van der Waals surface area (Å²) < 4.78 is 6.03. The highest BCUT2D eigenvalue weighted by atomic mass is 16.5. The van der Waals surface area contributed by atoms with Gasteiger partial charge in [-0.15, -0.1) is 0 Å². The van der Waals surface area contributed by atoms with E-state index in [-0.39, 0.29) is 0 Å². The molecule has 0 radical (unpaired) electrons. The monoisotopic (exact) mass is 382 g/mol. The van der Waals surface area contributed by atoms with Gasteiger partial charge in [0.15, 0.2) is 0 Å². The molecular weight excluding hydrogens is 360 g/mol. The summed E-state index contributed by atoms with van der Waals surface area (Å²) in [4.78, 5) is 16.2. The molecule has 0 saturated heterocycles. The minimum Gasteiger partial charge on any atom is -0.491 e. The van der Waals surface area contributed by atoms with Crippen LogP contribution in [-0.2, 0) is 0 Å². The molecule has 144 valence electrons. The Labute approximate surface area is 168 Å². The normalized spacial score (nSPS) is 12.4. The Morgan fingerprint density at radius 3 is 2.10 bits per heavy atom. The molecule has 5 rings (SSSR count). The predicted octanol–water partition coefficient (Wildman–Crippen LogP) is 5.83. The van der Waals surface area contributed by atoms with Crippen LogP contribution in [-0.4, -0.2) is 26.5 Å². The molecule has 3 aromatic heterocycles. The maximum Gasteiger partial charge on any atom is 0.144 e. The molecule has 0 unspecified atom stereocenters. The lowest BCUT2D eigenvalue weighted by Crippen LogP contribution is -1.95. The SMILES string of the molecule is CCCCOc1cc2cc3ccc(cc4nc(cc5nc(cc1[nH]2)C=C5)C=C4)[nH]3. The molecule has 0 amide bonds. The van der Waals surface area contributed by atoms with Crippen LogP contribution in [0.2, 0.25) is 0 Å². The van der Waals surface area contributed by atoms with Gasteiger partial charge in [-0.25, -0.2) is 9.97 Å². The average molecular weight is 382 g/mol. The summed E-state index contributed by atoms with van der Waals surface area (Å²) in [6.07, 6.45) is 10.2. The Balaban J connectivity index is 1.74. The number of aromatic amines is 2. The number of nitrogens with one attached hydrogen (secondary N) is 2. The third kappa shape index (κ3) is 3.85.